The van der Waals surface area contributed by atoms with Gasteiger partial charge in [0.2, 0.25) is 0 Å². The molecule has 0 bridgehead atoms. The molecule has 1 aliphatic carbocycles. The number of nitrogens with one attached hydrogen (secondary N) is 1. The third-order valence-electron chi connectivity index (χ3n) is 2.86. The molecule has 0 unspecified atom stereocenters. The number of fused-ring (bicyclic) bond motifs is 1. The second-order valence-corrected chi connectivity index (χ2v) is 5.64. The van der Waals surface area contributed by atoms with Gasteiger partial charge in [-0.2, -0.15) is 0 Å². The number of anilines is 1. The molecular formula is C11H11ClN4S. The third kappa shape index (κ3) is 1.90. The molecule has 1 aliphatic rings. The van der Waals surface area contributed by atoms with Crippen LogP contribution in [-0.2, 0) is 12.8 Å². The molecule has 17 heavy (non-hydrogen) atoms. The van der Waals surface area contributed by atoms with Crippen LogP contribution in [0.4, 0.5) is 5.82 Å². The fraction of sp³-hybridized carbons (Fsp3) is 0.273. The molecule has 3 N–H and O–H groups in total. The van der Waals surface area contributed by atoms with Crippen LogP contribution in [0, 0.1) is 0 Å². The first-order chi connectivity index (χ1) is 8.28. The second kappa shape index (κ2) is 4.25. The van der Waals surface area contributed by atoms with E-state index in [9.17, 15) is 0 Å². The van der Waals surface area contributed by atoms with Crippen molar-refractivity contribution in [3.05, 3.63) is 27.7 Å². The van der Waals surface area contributed by atoms with Crippen LogP contribution in [0.5, 0.6) is 0 Å². The number of hydrazine groups is 1. The topological polar surface area (TPSA) is 63.8 Å². The number of halogens is 1. The van der Waals surface area contributed by atoms with Gasteiger partial charge in [-0.3, -0.25) is 0 Å². The van der Waals surface area contributed by atoms with Gasteiger partial charge in [0.1, 0.15) is 5.82 Å². The largest absolute Gasteiger partial charge is 0.308 e. The van der Waals surface area contributed by atoms with Gasteiger partial charge in [0.15, 0.2) is 5.82 Å². The maximum atomic E-state index is 5.92. The van der Waals surface area contributed by atoms with E-state index in [-0.39, 0.29) is 0 Å². The van der Waals surface area contributed by atoms with Gasteiger partial charge in [0.05, 0.1) is 9.21 Å². The maximum absolute atomic E-state index is 5.92. The first kappa shape index (κ1) is 11.0. The number of nitrogens with two attached hydrogens (primary N) is 1. The number of hydrogen-bond donors (Lipinski definition) is 2. The molecule has 6 heteroatoms. The maximum Gasteiger partial charge on any atom is 0.171 e. The second-order valence-electron chi connectivity index (χ2n) is 3.92. The van der Waals surface area contributed by atoms with Gasteiger partial charge in [-0.25, -0.2) is 15.8 Å². The monoisotopic (exact) mass is 266 g/mol. The number of aromatic nitrogens is 2. The summed E-state index contributed by atoms with van der Waals surface area (Å²) in [7, 11) is 0. The summed E-state index contributed by atoms with van der Waals surface area (Å²) < 4.78 is 0.742. The van der Waals surface area contributed by atoms with Gasteiger partial charge >= 0.3 is 0 Å². The Morgan fingerprint density at radius 2 is 2.18 bits per heavy atom. The third-order valence-corrected chi connectivity index (χ3v) is 4.09. The number of rotatable bonds is 2. The van der Waals surface area contributed by atoms with Gasteiger partial charge in [-0.1, -0.05) is 11.6 Å². The molecule has 0 spiro atoms. The van der Waals surface area contributed by atoms with Gasteiger partial charge in [-0.15, -0.1) is 11.3 Å². The number of aryl methyl sites for hydroxylation is 1. The standard InChI is InChI=1S/C11H11ClN4S/c12-9-5-4-8(17-9)11-14-7-3-1-2-6(7)10(15-11)16-13/h4-5H,1-3,13H2,(H,14,15,16). The molecule has 88 valence electrons. The van der Waals surface area contributed by atoms with Crippen LogP contribution in [0.15, 0.2) is 12.1 Å². The Balaban J connectivity index is 2.12. The number of nitrogens with zero attached hydrogens (tertiary/aromatic N) is 2. The van der Waals surface area contributed by atoms with Crippen molar-refractivity contribution < 1.29 is 0 Å². The summed E-state index contributed by atoms with van der Waals surface area (Å²) in [5.41, 5.74) is 4.92. The fourth-order valence-corrected chi connectivity index (χ4v) is 3.07. The van der Waals surface area contributed by atoms with Gasteiger partial charge in [0.25, 0.3) is 0 Å². The highest BCUT2D eigenvalue weighted by molar-refractivity contribution is 7.19. The molecule has 3 rings (SSSR count). The molecule has 0 fully saturated rings. The predicted octanol–water partition coefficient (Wildman–Crippen LogP) is 2.63. The molecule has 0 aliphatic heterocycles. The van der Waals surface area contributed by atoms with Gasteiger partial charge in [0, 0.05) is 11.3 Å². The Labute approximate surface area is 108 Å². The minimum atomic E-state index is 0.704. The highest BCUT2D eigenvalue weighted by Gasteiger charge is 2.19. The van der Waals surface area contributed by atoms with E-state index in [0.29, 0.717) is 5.82 Å². The van der Waals surface area contributed by atoms with E-state index in [2.05, 4.69) is 15.4 Å². The van der Waals surface area contributed by atoms with Crippen molar-refractivity contribution in [1.82, 2.24) is 9.97 Å². The average molecular weight is 267 g/mol. The van der Waals surface area contributed by atoms with E-state index in [1.54, 1.807) is 0 Å². The van der Waals surface area contributed by atoms with E-state index in [1.165, 1.54) is 11.3 Å². The van der Waals surface area contributed by atoms with E-state index in [0.717, 1.165) is 45.6 Å². The Morgan fingerprint density at radius 1 is 1.29 bits per heavy atom. The molecule has 2 aromatic rings. The smallest absolute Gasteiger partial charge is 0.171 e. The predicted molar refractivity (Wildman–Crippen MR) is 70.2 cm³/mol. The molecule has 2 aromatic heterocycles. The lowest BCUT2D eigenvalue weighted by atomic mass is 10.2. The SMILES string of the molecule is NNc1nc(-c2ccc(Cl)s2)nc2c1CCC2. The van der Waals surface area contributed by atoms with Crippen molar-refractivity contribution in [3.8, 4) is 10.7 Å². The molecule has 2 heterocycles. The lowest BCUT2D eigenvalue weighted by Gasteiger charge is -2.07. The average Bonchev–Trinajstić information content (AvgIpc) is 2.95. The molecule has 0 atom stereocenters. The number of hydrogen-bond acceptors (Lipinski definition) is 5. The highest BCUT2D eigenvalue weighted by atomic mass is 35.5. The van der Waals surface area contributed by atoms with E-state index in [1.807, 2.05) is 12.1 Å². The first-order valence-corrected chi connectivity index (χ1v) is 6.59. The zero-order valence-corrected chi connectivity index (χ0v) is 10.6. The summed E-state index contributed by atoms with van der Waals surface area (Å²) in [5, 5.41) is 0. The Morgan fingerprint density at radius 3 is 2.88 bits per heavy atom. The van der Waals surface area contributed by atoms with Crippen LogP contribution in [0.3, 0.4) is 0 Å². The van der Waals surface area contributed by atoms with Crippen molar-refractivity contribution >= 4 is 28.8 Å². The Bertz CT molecular complexity index is 567. The van der Waals surface area contributed by atoms with Crippen molar-refractivity contribution in [2.24, 2.45) is 5.84 Å². The molecule has 0 amide bonds. The lowest BCUT2D eigenvalue weighted by Crippen LogP contribution is -2.12. The summed E-state index contributed by atoms with van der Waals surface area (Å²) in [6.07, 6.45) is 3.12. The summed E-state index contributed by atoms with van der Waals surface area (Å²) in [6, 6.07) is 3.79. The number of nitrogen functional groups attached to an aromatic ring is 1. The van der Waals surface area contributed by atoms with Crippen molar-refractivity contribution in [2.75, 3.05) is 5.43 Å². The fourth-order valence-electron chi connectivity index (χ4n) is 2.10. The first-order valence-electron chi connectivity index (χ1n) is 5.40. The zero-order valence-electron chi connectivity index (χ0n) is 9.03. The lowest BCUT2D eigenvalue weighted by molar-refractivity contribution is 0.900. The molecule has 0 aromatic carbocycles. The number of thiophene rings is 1. The van der Waals surface area contributed by atoms with Crippen molar-refractivity contribution in [3.63, 3.8) is 0 Å². The molecule has 4 nitrogen and oxygen atoms in total. The van der Waals surface area contributed by atoms with E-state index < -0.39 is 0 Å². The van der Waals surface area contributed by atoms with E-state index in [4.69, 9.17) is 17.4 Å². The van der Waals surface area contributed by atoms with Crippen molar-refractivity contribution in [1.29, 1.82) is 0 Å². The van der Waals surface area contributed by atoms with Crippen LogP contribution in [0.1, 0.15) is 17.7 Å². The summed E-state index contributed by atoms with van der Waals surface area (Å²) >= 11 is 7.40. The quantitative estimate of drug-likeness (QED) is 0.648. The minimum Gasteiger partial charge on any atom is -0.308 e. The zero-order chi connectivity index (χ0) is 11.8. The molecule has 0 saturated carbocycles. The van der Waals surface area contributed by atoms with Crippen LogP contribution >= 0.6 is 22.9 Å². The van der Waals surface area contributed by atoms with Crippen LogP contribution < -0.4 is 11.3 Å². The van der Waals surface area contributed by atoms with Crippen LogP contribution in [-0.4, -0.2) is 9.97 Å². The summed E-state index contributed by atoms with van der Waals surface area (Å²) in [6.45, 7) is 0. The summed E-state index contributed by atoms with van der Waals surface area (Å²) in [4.78, 5) is 10.0. The van der Waals surface area contributed by atoms with Crippen molar-refractivity contribution in [2.45, 2.75) is 19.3 Å². The van der Waals surface area contributed by atoms with Gasteiger partial charge in [-0.05, 0) is 31.4 Å². The van der Waals surface area contributed by atoms with Gasteiger partial charge < -0.3 is 5.43 Å². The minimum absolute atomic E-state index is 0.704. The molecular weight excluding hydrogens is 256 g/mol. The normalized spacial score (nSPS) is 13.8. The molecule has 0 radical (unpaired) electrons. The molecule has 0 saturated heterocycles. The summed E-state index contributed by atoms with van der Waals surface area (Å²) in [5.74, 6) is 6.96. The van der Waals surface area contributed by atoms with Crippen LogP contribution in [0.2, 0.25) is 4.34 Å². The van der Waals surface area contributed by atoms with E-state index >= 15 is 0 Å². The Kier molecular flexibility index (Phi) is 2.74. The van der Waals surface area contributed by atoms with Crippen LogP contribution in [0.25, 0.3) is 10.7 Å². The highest BCUT2D eigenvalue weighted by Crippen LogP contribution is 2.32. The Hall–Kier alpha value is -1.17.